The number of benzene rings is 2. The molecule has 1 saturated heterocycles. The Morgan fingerprint density at radius 2 is 1.85 bits per heavy atom. The van der Waals surface area contributed by atoms with Crippen LogP contribution in [0.25, 0.3) is 16.6 Å². The maximum atomic E-state index is 3.97. The monoisotopic (exact) mass is 440 g/mol. The third kappa shape index (κ3) is 4.33. The molecule has 1 atom stereocenters. The third-order valence-corrected chi connectivity index (χ3v) is 7.55. The first kappa shape index (κ1) is 20.6. The second-order valence-electron chi connectivity index (χ2n) is 9.59. The number of nitrogens with one attached hydrogen (secondary N) is 2. The normalized spacial score (nSPS) is 19.3. The summed E-state index contributed by atoms with van der Waals surface area (Å²) in [5, 5.41) is 13.1. The van der Waals surface area contributed by atoms with Gasteiger partial charge in [-0.05, 0) is 93.0 Å². The molecular weight excluding hydrogens is 408 g/mol. The highest BCUT2D eigenvalue weighted by Gasteiger charge is 2.26. The van der Waals surface area contributed by atoms with Crippen LogP contribution in [0, 0.1) is 0 Å². The number of piperidine rings is 1. The van der Waals surface area contributed by atoms with Crippen LogP contribution in [-0.2, 0) is 12.8 Å². The molecule has 0 bridgehead atoms. The largest absolute Gasteiger partial charge is 0.361 e. The molecule has 1 aliphatic heterocycles. The summed E-state index contributed by atoms with van der Waals surface area (Å²) in [6, 6.07) is 16.7. The molecular formula is C27H32N6. The van der Waals surface area contributed by atoms with Gasteiger partial charge in [-0.3, -0.25) is 4.57 Å². The van der Waals surface area contributed by atoms with Crippen LogP contribution in [0.1, 0.15) is 48.4 Å². The highest BCUT2D eigenvalue weighted by molar-refractivity contribution is 5.85. The molecule has 0 spiro atoms. The Morgan fingerprint density at radius 3 is 2.73 bits per heavy atom. The number of hydrogen-bond donors (Lipinski definition) is 2. The van der Waals surface area contributed by atoms with E-state index in [0.717, 1.165) is 12.1 Å². The SMILES string of the molecule is c1ccc2c(c1)CC[C@@H]2NC1CCN(CCCc2c[nH]c3ccc(-n4cnnc4)cc23)CC1. The Labute approximate surface area is 195 Å². The van der Waals surface area contributed by atoms with E-state index in [1.54, 1.807) is 18.2 Å². The van der Waals surface area contributed by atoms with Gasteiger partial charge in [-0.2, -0.15) is 0 Å². The van der Waals surface area contributed by atoms with Crippen molar-refractivity contribution >= 4 is 10.9 Å². The molecule has 6 heteroatoms. The van der Waals surface area contributed by atoms with Crippen LogP contribution in [0.3, 0.4) is 0 Å². The van der Waals surface area contributed by atoms with Crippen molar-refractivity contribution in [1.29, 1.82) is 0 Å². The van der Waals surface area contributed by atoms with Crippen LogP contribution in [0.5, 0.6) is 0 Å². The van der Waals surface area contributed by atoms with Gasteiger partial charge >= 0.3 is 0 Å². The zero-order valence-electron chi connectivity index (χ0n) is 19.1. The summed E-state index contributed by atoms with van der Waals surface area (Å²) >= 11 is 0. The minimum absolute atomic E-state index is 0.558. The second-order valence-corrected chi connectivity index (χ2v) is 9.59. The first-order valence-corrected chi connectivity index (χ1v) is 12.3. The number of aromatic nitrogens is 4. The lowest BCUT2D eigenvalue weighted by molar-refractivity contribution is 0.189. The molecule has 3 heterocycles. The number of aromatic amines is 1. The van der Waals surface area contributed by atoms with Gasteiger partial charge in [0.05, 0.1) is 0 Å². The smallest absolute Gasteiger partial charge is 0.123 e. The van der Waals surface area contributed by atoms with E-state index in [9.17, 15) is 0 Å². The second kappa shape index (κ2) is 9.12. The van der Waals surface area contributed by atoms with Gasteiger partial charge in [0, 0.05) is 34.9 Å². The van der Waals surface area contributed by atoms with Crippen LogP contribution < -0.4 is 5.32 Å². The third-order valence-electron chi connectivity index (χ3n) is 7.55. The number of nitrogens with zero attached hydrogens (tertiary/aromatic N) is 4. The van der Waals surface area contributed by atoms with Gasteiger partial charge in [0.15, 0.2) is 0 Å². The van der Waals surface area contributed by atoms with Crippen LogP contribution >= 0.6 is 0 Å². The lowest BCUT2D eigenvalue weighted by Gasteiger charge is -2.34. The number of likely N-dealkylation sites (tertiary alicyclic amines) is 1. The summed E-state index contributed by atoms with van der Waals surface area (Å²) in [4.78, 5) is 6.08. The van der Waals surface area contributed by atoms with Crippen LogP contribution in [0.15, 0.2) is 61.3 Å². The molecule has 0 saturated carbocycles. The fourth-order valence-corrected chi connectivity index (χ4v) is 5.70. The van der Waals surface area contributed by atoms with E-state index in [0.29, 0.717) is 12.1 Å². The number of rotatable bonds is 7. The Bertz CT molecular complexity index is 1200. The van der Waals surface area contributed by atoms with Gasteiger partial charge in [0.2, 0.25) is 0 Å². The van der Waals surface area contributed by atoms with Crippen molar-refractivity contribution in [2.75, 3.05) is 19.6 Å². The molecule has 0 unspecified atom stereocenters. The van der Waals surface area contributed by atoms with E-state index in [-0.39, 0.29) is 0 Å². The summed E-state index contributed by atoms with van der Waals surface area (Å²) in [6.07, 6.45) is 13.0. The molecule has 4 aromatic rings. The predicted octanol–water partition coefficient (Wildman–Crippen LogP) is 4.42. The predicted molar refractivity (Wildman–Crippen MR) is 132 cm³/mol. The molecule has 6 rings (SSSR count). The van der Waals surface area contributed by atoms with Crippen LogP contribution in [0.4, 0.5) is 0 Å². The topological polar surface area (TPSA) is 61.8 Å². The number of H-pyrrole nitrogens is 1. The molecule has 2 aromatic carbocycles. The van der Waals surface area contributed by atoms with Crippen molar-refractivity contribution < 1.29 is 0 Å². The van der Waals surface area contributed by atoms with Gasteiger partial charge in [0.25, 0.3) is 0 Å². The van der Waals surface area contributed by atoms with Gasteiger partial charge in [0.1, 0.15) is 12.7 Å². The molecule has 6 nitrogen and oxygen atoms in total. The minimum Gasteiger partial charge on any atom is -0.361 e. The molecule has 2 N–H and O–H groups in total. The van der Waals surface area contributed by atoms with E-state index in [4.69, 9.17) is 0 Å². The fourth-order valence-electron chi connectivity index (χ4n) is 5.70. The minimum atomic E-state index is 0.558. The van der Waals surface area contributed by atoms with Gasteiger partial charge in [-0.15, -0.1) is 10.2 Å². The van der Waals surface area contributed by atoms with Crippen molar-refractivity contribution in [2.24, 2.45) is 0 Å². The zero-order chi connectivity index (χ0) is 22.0. The maximum Gasteiger partial charge on any atom is 0.123 e. The highest BCUT2D eigenvalue weighted by Crippen LogP contribution is 2.32. The summed E-state index contributed by atoms with van der Waals surface area (Å²) in [7, 11) is 0. The van der Waals surface area contributed by atoms with Crippen molar-refractivity contribution in [2.45, 2.75) is 50.6 Å². The van der Waals surface area contributed by atoms with Crippen molar-refractivity contribution in [3.05, 3.63) is 78.0 Å². The molecule has 0 amide bonds. The molecule has 2 aromatic heterocycles. The lowest BCUT2D eigenvalue weighted by atomic mass is 10.0. The number of aryl methyl sites for hydroxylation is 2. The van der Waals surface area contributed by atoms with Gasteiger partial charge in [-0.25, -0.2) is 0 Å². The summed E-state index contributed by atoms with van der Waals surface area (Å²) in [6.45, 7) is 3.59. The highest BCUT2D eigenvalue weighted by atomic mass is 15.2. The van der Waals surface area contributed by atoms with E-state index >= 15 is 0 Å². The summed E-state index contributed by atoms with van der Waals surface area (Å²) in [5.41, 5.74) is 6.77. The molecule has 1 fully saturated rings. The van der Waals surface area contributed by atoms with Crippen molar-refractivity contribution in [3.63, 3.8) is 0 Å². The fraction of sp³-hybridized carbons (Fsp3) is 0.407. The first-order valence-electron chi connectivity index (χ1n) is 12.3. The van der Waals surface area contributed by atoms with Gasteiger partial charge in [-0.1, -0.05) is 24.3 Å². The average molecular weight is 441 g/mol. The zero-order valence-corrected chi connectivity index (χ0v) is 19.1. The Morgan fingerprint density at radius 1 is 1.00 bits per heavy atom. The number of hydrogen-bond acceptors (Lipinski definition) is 4. The van der Waals surface area contributed by atoms with Crippen LogP contribution in [0.2, 0.25) is 0 Å². The van der Waals surface area contributed by atoms with Gasteiger partial charge < -0.3 is 15.2 Å². The Kier molecular flexibility index (Phi) is 5.70. The number of fused-ring (bicyclic) bond motifs is 2. The van der Waals surface area contributed by atoms with E-state index < -0.39 is 0 Å². The summed E-state index contributed by atoms with van der Waals surface area (Å²) in [5.74, 6) is 0. The van der Waals surface area contributed by atoms with E-state index in [2.05, 4.69) is 74.1 Å². The average Bonchev–Trinajstić information content (AvgIpc) is 3.61. The first-order chi connectivity index (χ1) is 16.3. The van der Waals surface area contributed by atoms with Crippen molar-refractivity contribution in [3.8, 4) is 5.69 Å². The molecule has 0 radical (unpaired) electrons. The standard InChI is InChI=1S/C27H32N6/c1-2-6-24-20(4-1)7-9-27(24)31-22-11-14-32(15-12-22)13-3-5-21-17-28-26-10-8-23(16-25(21)26)33-18-29-30-19-33/h1-2,4,6,8,10,16-19,22,27-28,31H,3,5,7,9,11-15H2/t27-/m0/s1. The quantitative estimate of drug-likeness (QED) is 0.447. The molecule has 33 heavy (non-hydrogen) atoms. The van der Waals surface area contributed by atoms with Crippen molar-refractivity contribution in [1.82, 2.24) is 30.0 Å². The summed E-state index contributed by atoms with van der Waals surface area (Å²) < 4.78 is 1.96. The Hall–Kier alpha value is -2.96. The maximum absolute atomic E-state index is 3.97. The molecule has 170 valence electrons. The molecule has 1 aliphatic carbocycles. The van der Waals surface area contributed by atoms with Crippen LogP contribution in [-0.4, -0.2) is 50.3 Å². The molecule has 2 aliphatic rings. The lowest BCUT2D eigenvalue weighted by Crippen LogP contribution is -2.43. The van der Waals surface area contributed by atoms with E-state index in [1.807, 2.05) is 4.57 Å². The Balaban J connectivity index is 0.998. The van der Waals surface area contributed by atoms with E-state index in [1.165, 1.54) is 73.8 Å².